The Hall–Kier alpha value is -1.74. The van der Waals surface area contributed by atoms with Crippen molar-refractivity contribution >= 4 is 33.0 Å². The van der Waals surface area contributed by atoms with Crippen LogP contribution in [0.4, 0.5) is 5.69 Å². The monoisotopic (exact) mass is 321 g/mol. The number of hydrogen-bond donors (Lipinski definition) is 1. The summed E-state index contributed by atoms with van der Waals surface area (Å²) in [6, 6.07) is 1.18. The summed E-state index contributed by atoms with van der Waals surface area (Å²) >= 11 is 5.58. The molecule has 1 aromatic heterocycles. The molecule has 0 aromatic carbocycles. The molecule has 0 saturated heterocycles. The molecule has 1 amide bonds. The third-order valence-electron chi connectivity index (χ3n) is 2.28. The quantitative estimate of drug-likeness (QED) is 0.358. The lowest BCUT2D eigenvalue weighted by Crippen LogP contribution is -2.26. The Bertz CT molecular complexity index is 632. The van der Waals surface area contributed by atoms with Gasteiger partial charge in [-0.25, -0.2) is 13.4 Å². The van der Waals surface area contributed by atoms with E-state index in [1.165, 1.54) is 12.3 Å². The average molecular weight is 322 g/mol. The Morgan fingerprint density at radius 2 is 2.20 bits per heavy atom. The third kappa shape index (κ3) is 4.74. The molecule has 8 nitrogen and oxygen atoms in total. The third-order valence-corrected chi connectivity index (χ3v) is 3.59. The standard InChI is InChI=1S/C10H12ClN3O5S/c1-20(18,19)6-2-4-13-10(15)7-3-5-12-9(11)8(7)14(16)17/h3,5H,2,4,6H2,1H3,(H,13,15). The first-order valence-corrected chi connectivity index (χ1v) is 7.91. The van der Waals surface area contributed by atoms with Crippen LogP contribution in [0.3, 0.4) is 0 Å². The maximum absolute atomic E-state index is 11.8. The van der Waals surface area contributed by atoms with Gasteiger partial charge < -0.3 is 5.32 Å². The largest absolute Gasteiger partial charge is 0.352 e. The van der Waals surface area contributed by atoms with Crippen molar-refractivity contribution in [3.63, 3.8) is 0 Å². The summed E-state index contributed by atoms with van der Waals surface area (Å²) in [6.45, 7) is 0.0863. The van der Waals surface area contributed by atoms with Crippen molar-refractivity contribution in [1.82, 2.24) is 10.3 Å². The highest BCUT2D eigenvalue weighted by molar-refractivity contribution is 7.90. The Balaban J connectivity index is 2.74. The number of hydrogen-bond acceptors (Lipinski definition) is 6. The first-order chi connectivity index (χ1) is 9.22. The molecule has 0 atom stereocenters. The highest BCUT2D eigenvalue weighted by Crippen LogP contribution is 2.25. The molecule has 20 heavy (non-hydrogen) atoms. The van der Waals surface area contributed by atoms with E-state index in [9.17, 15) is 23.3 Å². The molecule has 0 aliphatic heterocycles. The highest BCUT2D eigenvalue weighted by atomic mass is 35.5. The summed E-state index contributed by atoms with van der Waals surface area (Å²) < 4.78 is 21.8. The molecule has 1 N–H and O–H groups in total. The number of nitrogens with one attached hydrogen (secondary N) is 1. The summed E-state index contributed by atoms with van der Waals surface area (Å²) in [5.74, 6) is -0.776. The van der Waals surface area contributed by atoms with Crippen molar-refractivity contribution in [3.8, 4) is 0 Å². The van der Waals surface area contributed by atoms with Crippen LogP contribution in [0.25, 0.3) is 0 Å². The normalized spacial score (nSPS) is 11.1. The number of pyridine rings is 1. The fraction of sp³-hybridized carbons (Fsp3) is 0.400. The Kier molecular flexibility index (Phi) is 5.40. The van der Waals surface area contributed by atoms with Gasteiger partial charge in [0.2, 0.25) is 5.15 Å². The molecule has 10 heteroatoms. The van der Waals surface area contributed by atoms with Gasteiger partial charge in [-0.05, 0) is 12.5 Å². The summed E-state index contributed by atoms with van der Waals surface area (Å²) in [5, 5.41) is 12.9. The number of halogens is 1. The topological polar surface area (TPSA) is 119 Å². The van der Waals surface area contributed by atoms with E-state index in [1.54, 1.807) is 0 Å². The van der Waals surface area contributed by atoms with E-state index < -0.39 is 26.4 Å². The molecule has 0 aliphatic rings. The minimum Gasteiger partial charge on any atom is -0.352 e. The summed E-state index contributed by atoms with van der Waals surface area (Å²) in [5.41, 5.74) is -0.788. The molecule has 110 valence electrons. The first-order valence-electron chi connectivity index (χ1n) is 5.47. The van der Waals surface area contributed by atoms with E-state index in [1.807, 2.05) is 0 Å². The van der Waals surface area contributed by atoms with Crippen LogP contribution in [0.1, 0.15) is 16.8 Å². The van der Waals surface area contributed by atoms with Crippen LogP contribution in [-0.2, 0) is 9.84 Å². The van der Waals surface area contributed by atoms with Gasteiger partial charge in [0.1, 0.15) is 15.4 Å². The van der Waals surface area contributed by atoms with Gasteiger partial charge in [0.05, 0.1) is 10.7 Å². The second-order valence-corrected chi connectivity index (χ2v) is 6.61. The van der Waals surface area contributed by atoms with Gasteiger partial charge in [-0.2, -0.15) is 0 Å². The smallest absolute Gasteiger partial charge is 0.319 e. The van der Waals surface area contributed by atoms with Crippen molar-refractivity contribution in [1.29, 1.82) is 0 Å². The lowest BCUT2D eigenvalue weighted by Gasteiger charge is -2.05. The second kappa shape index (κ2) is 6.62. The number of carbonyl (C=O) groups is 1. The molecule has 1 heterocycles. The SMILES string of the molecule is CS(=O)(=O)CCCNC(=O)c1ccnc(Cl)c1[N+](=O)[O-]. The van der Waals surface area contributed by atoms with Crippen molar-refractivity contribution in [3.05, 3.63) is 33.1 Å². The zero-order valence-electron chi connectivity index (χ0n) is 10.5. The summed E-state index contributed by atoms with van der Waals surface area (Å²) in [6.07, 6.45) is 2.49. The Labute approximate surface area is 120 Å². The number of carbonyl (C=O) groups excluding carboxylic acids is 1. The van der Waals surface area contributed by atoms with Gasteiger partial charge in [-0.3, -0.25) is 14.9 Å². The van der Waals surface area contributed by atoms with Crippen molar-refractivity contribution < 1.29 is 18.1 Å². The van der Waals surface area contributed by atoms with E-state index in [0.717, 1.165) is 6.26 Å². The van der Waals surface area contributed by atoms with E-state index in [4.69, 9.17) is 11.6 Å². The molecule has 1 rings (SSSR count). The zero-order valence-corrected chi connectivity index (χ0v) is 12.1. The van der Waals surface area contributed by atoms with Crippen LogP contribution in [0.15, 0.2) is 12.3 Å². The van der Waals surface area contributed by atoms with Gasteiger partial charge in [0.25, 0.3) is 5.91 Å². The minimum absolute atomic E-state index is 0.0769. The molecule has 0 aliphatic carbocycles. The molecule has 0 saturated carbocycles. The number of nitrogens with zero attached hydrogens (tertiary/aromatic N) is 2. The fourth-order valence-electron chi connectivity index (χ4n) is 1.42. The number of aromatic nitrogens is 1. The number of rotatable bonds is 6. The van der Waals surface area contributed by atoms with E-state index in [-0.39, 0.29) is 29.4 Å². The fourth-order valence-corrected chi connectivity index (χ4v) is 2.31. The molecule has 0 bridgehead atoms. The predicted octanol–water partition coefficient (Wildman–Crippen LogP) is 0.808. The van der Waals surface area contributed by atoms with Gasteiger partial charge in [0.15, 0.2) is 0 Å². The number of nitro groups is 1. The van der Waals surface area contributed by atoms with E-state index >= 15 is 0 Å². The van der Waals surface area contributed by atoms with Crippen molar-refractivity contribution in [2.45, 2.75) is 6.42 Å². The Morgan fingerprint density at radius 1 is 1.55 bits per heavy atom. The minimum atomic E-state index is -3.11. The van der Waals surface area contributed by atoms with Crippen LogP contribution in [0, 0.1) is 10.1 Å². The molecule has 0 spiro atoms. The molecule has 0 unspecified atom stereocenters. The number of sulfone groups is 1. The van der Waals surface area contributed by atoms with Gasteiger partial charge in [0, 0.05) is 19.0 Å². The van der Waals surface area contributed by atoms with Gasteiger partial charge in [-0.15, -0.1) is 0 Å². The lowest BCUT2D eigenvalue weighted by atomic mass is 10.2. The van der Waals surface area contributed by atoms with Crippen LogP contribution in [0.5, 0.6) is 0 Å². The van der Waals surface area contributed by atoms with Gasteiger partial charge >= 0.3 is 5.69 Å². The predicted molar refractivity (Wildman–Crippen MR) is 72.6 cm³/mol. The van der Waals surface area contributed by atoms with E-state index in [0.29, 0.717) is 0 Å². The van der Waals surface area contributed by atoms with Crippen LogP contribution in [-0.4, -0.2) is 42.8 Å². The van der Waals surface area contributed by atoms with Crippen molar-refractivity contribution in [2.24, 2.45) is 0 Å². The summed E-state index contributed by atoms with van der Waals surface area (Å²) in [7, 11) is -3.11. The Morgan fingerprint density at radius 3 is 2.75 bits per heavy atom. The molecular weight excluding hydrogens is 310 g/mol. The summed E-state index contributed by atoms with van der Waals surface area (Å²) in [4.78, 5) is 25.4. The van der Waals surface area contributed by atoms with Crippen LogP contribution < -0.4 is 5.32 Å². The maximum atomic E-state index is 11.8. The highest BCUT2D eigenvalue weighted by Gasteiger charge is 2.24. The first kappa shape index (κ1) is 16.3. The molecule has 1 aromatic rings. The van der Waals surface area contributed by atoms with Gasteiger partial charge in [-0.1, -0.05) is 11.6 Å². The van der Waals surface area contributed by atoms with Crippen molar-refractivity contribution in [2.75, 3.05) is 18.6 Å². The number of amides is 1. The van der Waals surface area contributed by atoms with Crippen LogP contribution >= 0.6 is 11.6 Å². The lowest BCUT2D eigenvalue weighted by molar-refractivity contribution is -0.385. The maximum Gasteiger partial charge on any atom is 0.319 e. The second-order valence-electron chi connectivity index (χ2n) is 3.99. The molecule has 0 radical (unpaired) electrons. The van der Waals surface area contributed by atoms with E-state index in [2.05, 4.69) is 10.3 Å². The average Bonchev–Trinajstić information content (AvgIpc) is 2.32. The molecule has 0 fully saturated rings. The zero-order chi connectivity index (χ0) is 15.3. The molecular formula is C10H12ClN3O5S. The van der Waals surface area contributed by atoms with Crippen LogP contribution in [0.2, 0.25) is 5.15 Å².